The molecule has 0 heterocycles. The number of hydrogen-bond acceptors (Lipinski definition) is 3. The van der Waals surface area contributed by atoms with Gasteiger partial charge in [-0.1, -0.05) is 48.5 Å². The number of aliphatic hydroxyl groups is 1. The average Bonchev–Trinajstić information content (AvgIpc) is 2.83. The van der Waals surface area contributed by atoms with Gasteiger partial charge in [-0.2, -0.15) is 0 Å². The van der Waals surface area contributed by atoms with Crippen LogP contribution >= 0.6 is 0 Å². The summed E-state index contributed by atoms with van der Waals surface area (Å²) in [5.41, 5.74) is 3.13. The summed E-state index contributed by atoms with van der Waals surface area (Å²) in [4.78, 5) is 24.0. The van der Waals surface area contributed by atoms with Crippen LogP contribution in [0.15, 0.2) is 84.9 Å². The van der Waals surface area contributed by atoms with Crippen LogP contribution in [-0.4, -0.2) is 22.1 Å². The first kappa shape index (κ1) is 21.9. The molecule has 0 atom stereocenters. The number of carbonyl (C=O) groups is 2. The topological polar surface area (TPSA) is 86.6 Å². The van der Waals surface area contributed by atoms with Crippen molar-refractivity contribution in [3.8, 4) is 11.1 Å². The molecule has 0 fully saturated rings. The number of amides is 1. The Morgan fingerprint density at radius 3 is 2.52 bits per heavy atom. The Balaban J connectivity index is 1.75. The van der Waals surface area contributed by atoms with E-state index in [-0.39, 0.29) is 12.3 Å². The Morgan fingerprint density at radius 1 is 0.909 bits per heavy atom. The lowest BCUT2D eigenvalue weighted by molar-refractivity contribution is -0.131. The number of nitrogens with one attached hydrogen (secondary N) is 1. The molecule has 0 saturated heterocycles. The summed E-state index contributed by atoms with van der Waals surface area (Å²) >= 11 is 0. The maximum absolute atomic E-state index is 14.4. The molecule has 0 radical (unpaired) electrons. The highest BCUT2D eigenvalue weighted by Gasteiger charge is 2.15. The molecular formula is C27H20FNO4. The fourth-order valence-corrected chi connectivity index (χ4v) is 3.61. The van der Waals surface area contributed by atoms with Crippen LogP contribution in [0, 0.1) is 5.82 Å². The fourth-order valence-electron chi connectivity index (χ4n) is 3.61. The highest BCUT2D eigenvalue weighted by molar-refractivity contribution is 6.14. The molecule has 4 rings (SSSR count). The molecule has 33 heavy (non-hydrogen) atoms. The van der Waals surface area contributed by atoms with Gasteiger partial charge >= 0.3 is 5.97 Å². The van der Waals surface area contributed by atoms with Gasteiger partial charge in [0.2, 0.25) is 0 Å². The van der Waals surface area contributed by atoms with Crippen LogP contribution < -0.4 is 5.32 Å². The number of carbonyl (C=O) groups excluding carboxylic acids is 1. The number of halogens is 1. The smallest absolute Gasteiger partial charge is 0.328 e. The molecule has 1 amide bonds. The molecule has 3 N–H and O–H groups in total. The minimum Gasteiger partial charge on any atom is -0.478 e. The summed E-state index contributed by atoms with van der Waals surface area (Å²) in [7, 11) is 0. The van der Waals surface area contributed by atoms with Crippen LogP contribution in [0.4, 0.5) is 10.1 Å². The van der Waals surface area contributed by atoms with Crippen molar-refractivity contribution in [2.45, 2.75) is 6.61 Å². The highest BCUT2D eigenvalue weighted by Crippen LogP contribution is 2.29. The van der Waals surface area contributed by atoms with Crippen molar-refractivity contribution >= 4 is 34.4 Å². The van der Waals surface area contributed by atoms with Crippen LogP contribution in [0.5, 0.6) is 0 Å². The number of benzene rings is 4. The summed E-state index contributed by atoms with van der Waals surface area (Å²) in [6.07, 6.45) is 2.26. The summed E-state index contributed by atoms with van der Waals surface area (Å²) in [6.45, 7) is -0.0965. The van der Waals surface area contributed by atoms with E-state index in [1.54, 1.807) is 6.07 Å². The van der Waals surface area contributed by atoms with Gasteiger partial charge in [0, 0.05) is 11.6 Å². The molecule has 0 aliphatic rings. The van der Waals surface area contributed by atoms with Gasteiger partial charge in [0.1, 0.15) is 5.82 Å². The van der Waals surface area contributed by atoms with Crippen molar-refractivity contribution in [3.05, 3.63) is 107 Å². The van der Waals surface area contributed by atoms with Crippen molar-refractivity contribution in [2.75, 3.05) is 5.32 Å². The molecule has 6 heteroatoms. The second-order valence-electron chi connectivity index (χ2n) is 7.47. The number of anilines is 1. The normalized spacial score (nSPS) is 11.1. The van der Waals surface area contributed by atoms with Gasteiger partial charge in [-0.15, -0.1) is 0 Å². The Hall–Kier alpha value is -4.29. The van der Waals surface area contributed by atoms with Crippen LogP contribution in [-0.2, 0) is 11.4 Å². The van der Waals surface area contributed by atoms with E-state index in [2.05, 4.69) is 5.32 Å². The number of fused-ring (bicyclic) bond motifs is 1. The van der Waals surface area contributed by atoms with Crippen LogP contribution in [0.25, 0.3) is 28.0 Å². The predicted octanol–water partition coefficient (Wildman–Crippen LogP) is 5.49. The standard InChI is InChI=1S/C27H20FNO4/c28-24-10-8-17(9-11-26(31)32)13-25(24)29-27(33)23-15-21(14-20-5-1-2-7-22(20)23)19-6-3-4-18(12-19)16-30/h1-15,30H,16H2,(H,29,33)(H,31,32)/b11-9+. The zero-order valence-corrected chi connectivity index (χ0v) is 17.5. The van der Waals surface area contributed by atoms with Gasteiger partial charge in [-0.05, 0) is 69.4 Å². The van der Waals surface area contributed by atoms with Gasteiger partial charge in [-0.25, -0.2) is 9.18 Å². The SMILES string of the molecule is O=C(O)/C=C/c1ccc(F)c(NC(=O)c2cc(-c3cccc(CO)c3)cc3ccccc23)c1. The Bertz CT molecular complexity index is 1390. The lowest BCUT2D eigenvalue weighted by atomic mass is 9.95. The van der Waals surface area contributed by atoms with E-state index in [9.17, 15) is 19.1 Å². The van der Waals surface area contributed by atoms with Gasteiger partial charge < -0.3 is 15.5 Å². The molecule has 0 aromatic heterocycles. The molecule has 0 saturated carbocycles. The number of aliphatic carboxylic acids is 1. The van der Waals surface area contributed by atoms with E-state index in [1.807, 2.05) is 54.6 Å². The number of rotatable bonds is 6. The van der Waals surface area contributed by atoms with E-state index in [1.165, 1.54) is 24.3 Å². The van der Waals surface area contributed by atoms with E-state index in [0.29, 0.717) is 16.5 Å². The molecule has 0 unspecified atom stereocenters. The third-order valence-corrected chi connectivity index (χ3v) is 5.21. The van der Waals surface area contributed by atoms with Gasteiger partial charge in [0.25, 0.3) is 5.91 Å². The summed E-state index contributed by atoms with van der Waals surface area (Å²) in [5, 5.41) is 22.4. The molecule has 0 bridgehead atoms. The van der Waals surface area contributed by atoms with Crippen LogP contribution in [0.2, 0.25) is 0 Å². The number of carboxylic acid groups (broad SMARTS) is 1. The Labute approximate surface area is 189 Å². The van der Waals surface area contributed by atoms with Gasteiger partial charge in [0.15, 0.2) is 0 Å². The van der Waals surface area contributed by atoms with E-state index in [0.717, 1.165) is 28.2 Å². The predicted molar refractivity (Wildman–Crippen MR) is 126 cm³/mol. The molecule has 0 spiro atoms. The van der Waals surface area contributed by atoms with Crippen LogP contribution in [0.3, 0.4) is 0 Å². The lowest BCUT2D eigenvalue weighted by Crippen LogP contribution is -2.14. The minimum atomic E-state index is -1.13. The zero-order valence-electron chi connectivity index (χ0n) is 17.5. The van der Waals surface area contributed by atoms with Crippen molar-refractivity contribution < 1.29 is 24.2 Å². The average molecular weight is 441 g/mol. The fraction of sp³-hybridized carbons (Fsp3) is 0.0370. The molecule has 0 aliphatic heterocycles. The molecular weight excluding hydrogens is 421 g/mol. The van der Waals surface area contributed by atoms with Gasteiger partial charge in [-0.3, -0.25) is 4.79 Å². The monoisotopic (exact) mass is 441 g/mol. The zero-order chi connectivity index (χ0) is 23.4. The first-order valence-electron chi connectivity index (χ1n) is 10.2. The Kier molecular flexibility index (Phi) is 6.29. The quantitative estimate of drug-likeness (QED) is 0.346. The second kappa shape index (κ2) is 9.46. The third-order valence-electron chi connectivity index (χ3n) is 5.21. The molecule has 0 aliphatic carbocycles. The first-order valence-corrected chi connectivity index (χ1v) is 10.2. The van der Waals surface area contributed by atoms with Crippen molar-refractivity contribution in [3.63, 3.8) is 0 Å². The molecule has 164 valence electrons. The largest absolute Gasteiger partial charge is 0.478 e. The van der Waals surface area contributed by atoms with E-state index < -0.39 is 17.7 Å². The molecule has 4 aromatic rings. The van der Waals surface area contributed by atoms with E-state index >= 15 is 0 Å². The minimum absolute atomic E-state index is 0.0516. The maximum atomic E-state index is 14.4. The van der Waals surface area contributed by atoms with Crippen molar-refractivity contribution in [1.82, 2.24) is 0 Å². The lowest BCUT2D eigenvalue weighted by Gasteiger charge is -2.13. The van der Waals surface area contributed by atoms with Crippen molar-refractivity contribution in [2.24, 2.45) is 0 Å². The third kappa shape index (κ3) is 4.97. The number of hydrogen-bond donors (Lipinski definition) is 3. The summed E-state index contributed by atoms with van der Waals surface area (Å²) < 4.78 is 14.4. The highest BCUT2D eigenvalue weighted by atomic mass is 19.1. The van der Waals surface area contributed by atoms with E-state index in [4.69, 9.17) is 5.11 Å². The summed E-state index contributed by atoms with van der Waals surface area (Å²) in [5.74, 6) is -2.25. The molecule has 4 aromatic carbocycles. The second-order valence-corrected chi connectivity index (χ2v) is 7.47. The first-order chi connectivity index (χ1) is 15.9. The number of carboxylic acids is 1. The maximum Gasteiger partial charge on any atom is 0.328 e. The van der Waals surface area contributed by atoms with Crippen molar-refractivity contribution in [1.29, 1.82) is 0 Å². The van der Waals surface area contributed by atoms with Crippen LogP contribution in [0.1, 0.15) is 21.5 Å². The molecule has 5 nitrogen and oxygen atoms in total. The van der Waals surface area contributed by atoms with Gasteiger partial charge in [0.05, 0.1) is 12.3 Å². The summed E-state index contributed by atoms with van der Waals surface area (Å²) in [6, 6.07) is 22.5. The number of aliphatic hydroxyl groups excluding tert-OH is 1. The Morgan fingerprint density at radius 2 is 1.73 bits per heavy atom.